The Hall–Kier alpha value is -2.46. The second kappa shape index (κ2) is 5.27. The molecule has 0 bridgehead atoms. The Labute approximate surface area is 117 Å². The highest BCUT2D eigenvalue weighted by molar-refractivity contribution is 5.31. The molecule has 4 nitrogen and oxygen atoms in total. The number of pyridine rings is 1. The second-order valence-corrected chi connectivity index (χ2v) is 4.68. The van der Waals surface area contributed by atoms with Crippen LogP contribution in [-0.4, -0.2) is 19.6 Å². The van der Waals surface area contributed by atoms with Crippen LogP contribution in [0.1, 0.15) is 11.3 Å². The van der Waals surface area contributed by atoms with Crippen molar-refractivity contribution in [2.45, 2.75) is 12.1 Å². The van der Waals surface area contributed by atoms with E-state index < -0.39 is 5.60 Å². The van der Waals surface area contributed by atoms with Crippen molar-refractivity contribution in [2.75, 3.05) is 0 Å². The van der Waals surface area contributed by atoms with Gasteiger partial charge in [-0.05, 0) is 17.7 Å². The molecule has 0 radical (unpaired) electrons. The molecule has 100 valence electrons. The number of hydrogen-bond acceptors (Lipinski definition) is 3. The summed E-state index contributed by atoms with van der Waals surface area (Å²) in [4.78, 5) is 8.35. The van der Waals surface area contributed by atoms with Crippen LogP contribution in [0.25, 0.3) is 0 Å². The van der Waals surface area contributed by atoms with Gasteiger partial charge in [0.2, 0.25) is 0 Å². The minimum atomic E-state index is -1.18. The van der Waals surface area contributed by atoms with E-state index in [4.69, 9.17) is 0 Å². The summed E-state index contributed by atoms with van der Waals surface area (Å²) < 4.78 is 1.85. The summed E-state index contributed by atoms with van der Waals surface area (Å²) in [5, 5.41) is 11.2. The minimum Gasteiger partial charge on any atom is -0.377 e. The van der Waals surface area contributed by atoms with Crippen molar-refractivity contribution in [2.24, 2.45) is 0 Å². The molecule has 2 heterocycles. The fourth-order valence-corrected chi connectivity index (χ4v) is 2.29. The SMILES string of the molecule is OC(Cn1ccnc1)(c1ccccc1)c1ccccn1. The standard InChI is InChI=1S/C16H15N3O/c20-16(12-19-11-10-17-13-19,14-6-2-1-3-7-14)15-8-4-5-9-18-15/h1-11,13,20H,12H2. The first-order valence-electron chi connectivity index (χ1n) is 6.44. The van der Waals surface area contributed by atoms with Crippen molar-refractivity contribution in [3.05, 3.63) is 84.7 Å². The van der Waals surface area contributed by atoms with Crippen LogP contribution in [0.2, 0.25) is 0 Å². The van der Waals surface area contributed by atoms with Crippen molar-refractivity contribution in [1.29, 1.82) is 0 Å². The molecule has 1 unspecified atom stereocenters. The average molecular weight is 265 g/mol. The molecule has 0 spiro atoms. The second-order valence-electron chi connectivity index (χ2n) is 4.68. The predicted molar refractivity (Wildman–Crippen MR) is 75.9 cm³/mol. The van der Waals surface area contributed by atoms with E-state index in [-0.39, 0.29) is 0 Å². The monoisotopic (exact) mass is 265 g/mol. The molecule has 3 rings (SSSR count). The van der Waals surface area contributed by atoms with Crippen LogP contribution >= 0.6 is 0 Å². The molecular formula is C16H15N3O. The first kappa shape index (κ1) is 12.6. The Kier molecular flexibility index (Phi) is 3.31. The van der Waals surface area contributed by atoms with E-state index in [2.05, 4.69) is 9.97 Å². The number of benzene rings is 1. The molecule has 0 saturated heterocycles. The maximum atomic E-state index is 11.2. The molecule has 3 aromatic rings. The lowest BCUT2D eigenvalue weighted by Crippen LogP contribution is -2.33. The van der Waals surface area contributed by atoms with Crippen LogP contribution in [0.4, 0.5) is 0 Å². The largest absolute Gasteiger partial charge is 0.377 e. The fourth-order valence-electron chi connectivity index (χ4n) is 2.29. The third-order valence-corrected chi connectivity index (χ3v) is 3.31. The molecule has 1 atom stereocenters. The average Bonchev–Trinajstić information content (AvgIpc) is 3.02. The molecule has 1 aromatic carbocycles. The zero-order valence-corrected chi connectivity index (χ0v) is 10.9. The Balaban J connectivity index is 2.08. The first-order chi connectivity index (χ1) is 9.79. The Morgan fingerprint density at radius 2 is 1.80 bits per heavy atom. The molecule has 1 N–H and O–H groups in total. The molecule has 0 fully saturated rings. The smallest absolute Gasteiger partial charge is 0.149 e. The predicted octanol–water partition coefficient (Wildman–Crippen LogP) is 2.21. The lowest BCUT2D eigenvalue weighted by atomic mass is 9.89. The summed E-state index contributed by atoms with van der Waals surface area (Å²) in [5.41, 5.74) is 0.260. The van der Waals surface area contributed by atoms with Gasteiger partial charge in [-0.25, -0.2) is 4.98 Å². The van der Waals surface area contributed by atoms with Gasteiger partial charge in [-0.1, -0.05) is 36.4 Å². The first-order valence-corrected chi connectivity index (χ1v) is 6.44. The molecule has 2 aromatic heterocycles. The summed E-state index contributed by atoms with van der Waals surface area (Å²) in [6, 6.07) is 15.1. The molecule has 0 aliphatic rings. The summed E-state index contributed by atoms with van der Waals surface area (Å²) in [6.45, 7) is 0.369. The zero-order valence-electron chi connectivity index (χ0n) is 10.9. The van der Waals surface area contributed by atoms with Crippen molar-refractivity contribution in [3.63, 3.8) is 0 Å². The van der Waals surface area contributed by atoms with Gasteiger partial charge in [0.1, 0.15) is 5.60 Å². The van der Waals surface area contributed by atoms with Crippen LogP contribution in [0.5, 0.6) is 0 Å². The van der Waals surface area contributed by atoms with Crippen LogP contribution in [0.15, 0.2) is 73.4 Å². The Bertz CT molecular complexity index is 611. The van der Waals surface area contributed by atoms with E-state index in [1.807, 2.05) is 59.3 Å². The van der Waals surface area contributed by atoms with Crippen molar-refractivity contribution in [3.8, 4) is 0 Å². The van der Waals surface area contributed by atoms with Gasteiger partial charge in [-0.3, -0.25) is 4.98 Å². The van der Waals surface area contributed by atoms with Gasteiger partial charge in [0, 0.05) is 18.6 Å². The normalized spacial score (nSPS) is 13.8. The van der Waals surface area contributed by atoms with Gasteiger partial charge in [0.25, 0.3) is 0 Å². The summed E-state index contributed by atoms with van der Waals surface area (Å²) in [5.74, 6) is 0. The van der Waals surface area contributed by atoms with Crippen LogP contribution in [0, 0.1) is 0 Å². The molecule has 0 aliphatic carbocycles. The molecule has 20 heavy (non-hydrogen) atoms. The quantitative estimate of drug-likeness (QED) is 0.787. The summed E-state index contributed by atoms with van der Waals surface area (Å²) in [7, 11) is 0. The third-order valence-electron chi connectivity index (χ3n) is 3.31. The highest BCUT2D eigenvalue weighted by Crippen LogP contribution is 2.29. The van der Waals surface area contributed by atoms with Crippen LogP contribution < -0.4 is 0 Å². The van der Waals surface area contributed by atoms with Gasteiger partial charge >= 0.3 is 0 Å². The summed E-state index contributed by atoms with van der Waals surface area (Å²) >= 11 is 0. The van der Waals surface area contributed by atoms with E-state index in [1.54, 1.807) is 18.7 Å². The number of aromatic nitrogens is 3. The number of aliphatic hydroxyl groups is 1. The molecule has 0 saturated carbocycles. The molecule has 4 heteroatoms. The van der Waals surface area contributed by atoms with Gasteiger partial charge in [0.15, 0.2) is 0 Å². The lowest BCUT2D eigenvalue weighted by molar-refractivity contribution is 0.0567. The minimum absolute atomic E-state index is 0.369. The Morgan fingerprint density at radius 3 is 2.45 bits per heavy atom. The molecular weight excluding hydrogens is 250 g/mol. The topological polar surface area (TPSA) is 50.9 Å². The maximum Gasteiger partial charge on any atom is 0.149 e. The van der Waals surface area contributed by atoms with Crippen molar-refractivity contribution in [1.82, 2.24) is 14.5 Å². The number of hydrogen-bond donors (Lipinski definition) is 1. The van der Waals surface area contributed by atoms with Gasteiger partial charge in [-0.2, -0.15) is 0 Å². The number of nitrogens with zero attached hydrogens (tertiary/aromatic N) is 3. The van der Waals surface area contributed by atoms with Crippen LogP contribution in [0.3, 0.4) is 0 Å². The van der Waals surface area contributed by atoms with Crippen LogP contribution in [-0.2, 0) is 12.1 Å². The van der Waals surface area contributed by atoms with Gasteiger partial charge in [-0.15, -0.1) is 0 Å². The third kappa shape index (κ3) is 2.33. The lowest BCUT2D eigenvalue weighted by Gasteiger charge is -2.28. The number of imidazole rings is 1. The van der Waals surface area contributed by atoms with Gasteiger partial charge < -0.3 is 9.67 Å². The summed E-state index contributed by atoms with van der Waals surface area (Å²) in [6.07, 6.45) is 6.91. The van der Waals surface area contributed by atoms with E-state index in [0.717, 1.165) is 5.56 Å². The van der Waals surface area contributed by atoms with E-state index >= 15 is 0 Å². The molecule has 0 amide bonds. The zero-order chi connectivity index (χ0) is 13.8. The highest BCUT2D eigenvalue weighted by Gasteiger charge is 2.33. The van der Waals surface area contributed by atoms with E-state index in [1.165, 1.54) is 0 Å². The highest BCUT2D eigenvalue weighted by atomic mass is 16.3. The van der Waals surface area contributed by atoms with E-state index in [9.17, 15) is 5.11 Å². The number of rotatable bonds is 4. The molecule has 0 aliphatic heterocycles. The fraction of sp³-hybridized carbons (Fsp3) is 0.125. The van der Waals surface area contributed by atoms with Gasteiger partial charge in [0.05, 0.1) is 18.6 Å². The maximum absolute atomic E-state index is 11.2. The Morgan fingerprint density at radius 1 is 1.00 bits per heavy atom. The van der Waals surface area contributed by atoms with Crippen molar-refractivity contribution >= 4 is 0 Å². The van der Waals surface area contributed by atoms with Crippen molar-refractivity contribution < 1.29 is 5.11 Å². The van der Waals surface area contributed by atoms with E-state index in [0.29, 0.717) is 12.2 Å².